The normalized spacial score (nSPS) is 27.4. The number of likely N-dealkylation sites (tertiary alicyclic amines) is 2. The Kier molecular flexibility index (Phi) is 3.91. The predicted molar refractivity (Wildman–Crippen MR) is 69.3 cm³/mol. The van der Waals surface area contributed by atoms with Crippen LogP contribution in [0.3, 0.4) is 0 Å². The van der Waals surface area contributed by atoms with Crippen LogP contribution in [-0.2, 0) is 0 Å². The number of nitrogens with zero attached hydrogens (tertiary/aromatic N) is 2. The van der Waals surface area contributed by atoms with E-state index in [2.05, 4.69) is 13.8 Å². The summed E-state index contributed by atoms with van der Waals surface area (Å²) >= 11 is 0. The summed E-state index contributed by atoms with van der Waals surface area (Å²) in [6, 6.07) is 0. The molecule has 2 rings (SSSR count). The Bertz CT molecular complexity index is 189. The summed E-state index contributed by atoms with van der Waals surface area (Å²) in [5.41, 5.74) is 0. The van der Waals surface area contributed by atoms with Crippen molar-refractivity contribution in [2.45, 2.75) is 39.5 Å². The molecule has 0 radical (unpaired) electrons. The van der Waals surface area contributed by atoms with Crippen molar-refractivity contribution in [3.05, 3.63) is 0 Å². The fourth-order valence-corrected chi connectivity index (χ4v) is 3.83. The second kappa shape index (κ2) is 5.05. The predicted octanol–water partition coefficient (Wildman–Crippen LogP) is 2.25. The van der Waals surface area contributed by atoms with Gasteiger partial charge in [-0.15, -0.1) is 0 Å². The van der Waals surface area contributed by atoms with Gasteiger partial charge in [-0.25, -0.2) is 0 Å². The lowest BCUT2D eigenvalue weighted by atomic mass is 10.3. The van der Waals surface area contributed by atoms with Crippen molar-refractivity contribution in [1.29, 1.82) is 0 Å². The van der Waals surface area contributed by atoms with Crippen molar-refractivity contribution < 1.29 is 8.97 Å². The largest absolute Gasteiger partial charge is 0.319 e. The molecule has 0 N–H and O–H groups in total. The van der Waals surface area contributed by atoms with Crippen LogP contribution in [0.15, 0.2) is 0 Å². The summed E-state index contributed by atoms with van der Waals surface area (Å²) in [5, 5.41) is 0. The number of likely N-dealkylation sites (N-methyl/N-ethyl adjacent to an activating group) is 2. The molecule has 2 nitrogen and oxygen atoms in total. The van der Waals surface area contributed by atoms with Crippen LogP contribution < -0.4 is 0 Å². The van der Waals surface area contributed by atoms with Crippen molar-refractivity contribution in [3.63, 3.8) is 0 Å². The molecule has 2 fully saturated rings. The fourth-order valence-electron chi connectivity index (χ4n) is 3.83. The van der Waals surface area contributed by atoms with E-state index >= 15 is 0 Å². The molecule has 0 aromatic rings. The minimum Gasteiger partial charge on any atom is -0.319 e. The first-order chi connectivity index (χ1) is 7.74. The lowest BCUT2D eigenvalue weighted by Crippen LogP contribution is -2.55. The van der Waals surface area contributed by atoms with Crippen LogP contribution in [0.2, 0.25) is 0 Å². The summed E-state index contributed by atoms with van der Waals surface area (Å²) < 4.78 is 2.86. The van der Waals surface area contributed by atoms with Gasteiger partial charge >= 0.3 is 0 Å². The Morgan fingerprint density at radius 1 is 0.625 bits per heavy atom. The maximum absolute atomic E-state index is 2.39. The van der Waals surface area contributed by atoms with Crippen molar-refractivity contribution in [3.8, 4) is 0 Å². The third-order valence-electron chi connectivity index (χ3n) is 5.42. The lowest BCUT2D eigenvalue weighted by molar-refractivity contribution is -0.969. The molecule has 2 heteroatoms. The van der Waals surface area contributed by atoms with Crippen LogP contribution >= 0.6 is 0 Å². The minimum absolute atomic E-state index is 1.36. The minimum atomic E-state index is 1.36. The van der Waals surface area contributed by atoms with E-state index in [0.29, 0.717) is 0 Å². The molecule has 2 aliphatic heterocycles. The molecule has 94 valence electrons. The van der Waals surface area contributed by atoms with Gasteiger partial charge in [-0.1, -0.05) is 0 Å². The first-order valence-corrected chi connectivity index (χ1v) is 7.44. The van der Waals surface area contributed by atoms with E-state index in [0.717, 1.165) is 0 Å². The van der Waals surface area contributed by atoms with Gasteiger partial charge in [0.2, 0.25) is 0 Å². The molecule has 2 heterocycles. The monoisotopic (exact) mass is 226 g/mol. The summed E-state index contributed by atoms with van der Waals surface area (Å²) in [7, 11) is 0. The quantitative estimate of drug-likeness (QED) is 0.631. The molecule has 0 aromatic carbocycles. The van der Waals surface area contributed by atoms with Crippen molar-refractivity contribution in [2.24, 2.45) is 0 Å². The first kappa shape index (κ1) is 12.4. The van der Waals surface area contributed by atoms with E-state index in [9.17, 15) is 0 Å². The molecule has 0 aromatic heterocycles. The summed E-state index contributed by atoms with van der Waals surface area (Å²) in [6.45, 7) is 16.3. The van der Waals surface area contributed by atoms with Crippen molar-refractivity contribution in [1.82, 2.24) is 0 Å². The highest BCUT2D eigenvalue weighted by atomic mass is 15.4. The zero-order valence-electron chi connectivity index (χ0n) is 11.4. The zero-order chi connectivity index (χ0) is 11.5. The number of quaternary nitrogens is 2. The SMILES string of the molecule is CC[N+]1(CC[N+]2(CC)CCCC2)CCCC1. The van der Waals surface area contributed by atoms with Crippen LogP contribution in [-0.4, -0.2) is 61.3 Å². The van der Waals surface area contributed by atoms with Crippen LogP contribution in [0.1, 0.15) is 39.5 Å². The molecule has 0 aliphatic carbocycles. The van der Waals surface area contributed by atoms with Gasteiger partial charge in [0.25, 0.3) is 0 Å². The van der Waals surface area contributed by atoms with E-state index in [-0.39, 0.29) is 0 Å². The Labute approximate surface area is 101 Å². The van der Waals surface area contributed by atoms with Gasteiger partial charge in [0.05, 0.1) is 39.3 Å². The van der Waals surface area contributed by atoms with Gasteiger partial charge in [-0.05, 0) is 13.8 Å². The van der Waals surface area contributed by atoms with Crippen LogP contribution in [0.25, 0.3) is 0 Å². The van der Waals surface area contributed by atoms with Gasteiger partial charge in [-0.3, -0.25) is 0 Å². The molecule has 0 spiro atoms. The maximum atomic E-state index is 2.39. The third kappa shape index (κ3) is 2.43. The van der Waals surface area contributed by atoms with E-state index in [4.69, 9.17) is 0 Å². The molecular weight excluding hydrogens is 196 g/mol. The molecule has 0 unspecified atom stereocenters. The second-order valence-corrected chi connectivity index (χ2v) is 6.07. The second-order valence-electron chi connectivity index (χ2n) is 6.07. The summed E-state index contributed by atoms with van der Waals surface area (Å²) in [6.07, 6.45) is 5.89. The van der Waals surface area contributed by atoms with Crippen molar-refractivity contribution >= 4 is 0 Å². The lowest BCUT2D eigenvalue weighted by Gasteiger charge is -2.39. The molecule has 0 atom stereocenters. The Morgan fingerprint density at radius 3 is 1.19 bits per heavy atom. The van der Waals surface area contributed by atoms with Crippen LogP contribution in [0.5, 0.6) is 0 Å². The summed E-state index contributed by atoms with van der Waals surface area (Å²) in [5.74, 6) is 0. The molecule has 16 heavy (non-hydrogen) atoms. The Hall–Kier alpha value is -0.0800. The summed E-state index contributed by atoms with van der Waals surface area (Å²) in [4.78, 5) is 0. The molecule has 2 aliphatic rings. The Balaban J connectivity index is 1.89. The standard InChI is InChI=1S/C14H30N2/c1-3-15(9-5-6-10-15)13-14-16(4-2)11-7-8-12-16/h3-14H2,1-2H3/q+2. The highest BCUT2D eigenvalue weighted by Gasteiger charge is 2.36. The number of hydrogen-bond donors (Lipinski definition) is 0. The fraction of sp³-hybridized carbons (Fsp3) is 1.00. The first-order valence-electron chi connectivity index (χ1n) is 7.44. The van der Waals surface area contributed by atoms with Gasteiger partial charge in [-0.2, -0.15) is 0 Å². The Morgan fingerprint density at radius 2 is 0.938 bits per heavy atom. The van der Waals surface area contributed by atoms with Gasteiger partial charge in [0, 0.05) is 25.7 Å². The molecule has 0 amide bonds. The number of hydrogen-bond acceptors (Lipinski definition) is 0. The third-order valence-corrected chi connectivity index (χ3v) is 5.42. The smallest absolute Gasteiger partial charge is 0.128 e. The zero-order valence-corrected chi connectivity index (χ0v) is 11.4. The molecule has 0 bridgehead atoms. The highest BCUT2D eigenvalue weighted by Crippen LogP contribution is 2.23. The van der Waals surface area contributed by atoms with Gasteiger partial charge in [0.1, 0.15) is 13.1 Å². The van der Waals surface area contributed by atoms with Crippen molar-refractivity contribution in [2.75, 3.05) is 52.4 Å². The number of rotatable bonds is 5. The van der Waals surface area contributed by atoms with Gasteiger partial charge < -0.3 is 8.97 Å². The van der Waals surface area contributed by atoms with Crippen LogP contribution in [0, 0.1) is 0 Å². The van der Waals surface area contributed by atoms with E-state index in [1.807, 2.05) is 0 Å². The highest BCUT2D eigenvalue weighted by molar-refractivity contribution is 4.57. The van der Waals surface area contributed by atoms with Crippen LogP contribution in [0.4, 0.5) is 0 Å². The van der Waals surface area contributed by atoms with E-state index in [1.165, 1.54) is 87.0 Å². The molecule has 2 saturated heterocycles. The maximum Gasteiger partial charge on any atom is 0.128 e. The average Bonchev–Trinajstić information content (AvgIpc) is 2.97. The average molecular weight is 226 g/mol. The van der Waals surface area contributed by atoms with Gasteiger partial charge in [0.15, 0.2) is 0 Å². The molecule has 0 saturated carbocycles. The molecular formula is C14H30N2+2. The van der Waals surface area contributed by atoms with E-state index < -0.39 is 0 Å². The van der Waals surface area contributed by atoms with E-state index in [1.54, 1.807) is 0 Å². The topological polar surface area (TPSA) is 0 Å².